The van der Waals surface area contributed by atoms with Crippen molar-refractivity contribution in [3.63, 3.8) is 0 Å². The largest absolute Gasteiger partial charge is 0.479 e. The highest BCUT2D eigenvalue weighted by atomic mass is 35.5. The average molecular weight is 312 g/mol. The molecule has 0 bridgehead atoms. The number of halogens is 1. The van der Waals surface area contributed by atoms with E-state index in [0.717, 1.165) is 4.88 Å². The third-order valence-corrected chi connectivity index (χ3v) is 4.60. The summed E-state index contributed by atoms with van der Waals surface area (Å²) in [6, 6.07) is 2.24. The Balaban J connectivity index is 2.00. The summed E-state index contributed by atoms with van der Waals surface area (Å²) >= 11 is 7.32. The third-order valence-electron chi connectivity index (χ3n) is 3.31. The first-order chi connectivity index (χ1) is 9.59. The summed E-state index contributed by atoms with van der Waals surface area (Å²) in [6.07, 6.45) is 1.96. The van der Waals surface area contributed by atoms with Crippen LogP contribution in [0, 0.1) is 0 Å². The number of fused-ring (bicyclic) bond motifs is 1. The molecule has 1 amide bonds. The smallest absolute Gasteiger partial charge is 0.331 e. The number of carbonyl (C=O) groups is 2. The molecule has 1 aliphatic rings. The van der Waals surface area contributed by atoms with Crippen LogP contribution in [0.3, 0.4) is 0 Å². The molecule has 2 aromatic heterocycles. The van der Waals surface area contributed by atoms with E-state index in [1.807, 2.05) is 5.38 Å². The maximum absolute atomic E-state index is 12.4. The van der Waals surface area contributed by atoms with E-state index < -0.39 is 17.9 Å². The Morgan fingerprint density at radius 2 is 2.25 bits per heavy atom. The fourth-order valence-electron chi connectivity index (χ4n) is 2.40. The molecule has 7 heteroatoms. The third kappa shape index (κ3) is 2.01. The van der Waals surface area contributed by atoms with Crippen molar-refractivity contribution >= 4 is 34.8 Å². The number of hydrogen-bond donors (Lipinski definition) is 1. The Kier molecular flexibility index (Phi) is 3.27. The van der Waals surface area contributed by atoms with Crippen molar-refractivity contribution in [3.05, 3.63) is 45.0 Å². The van der Waals surface area contributed by atoms with E-state index in [9.17, 15) is 14.7 Å². The standard InChI is InChI=1S/C13H10ClNO4S/c14-11-8(2-5-19-11)12(16)15-4-1-9-7(3-6-20-9)10(15)13(17)18/h2-3,5-6,10H,1,4H2,(H,17,18). The Hall–Kier alpha value is -1.79. The van der Waals surface area contributed by atoms with Crippen LogP contribution in [0.1, 0.15) is 26.8 Å². The zero-order chi connectivity index (χ0) is 14.3. The lowest BCUT2D eigenvalue weighted by molar-refractivity contribution is -0.142. The molecule has 104 valence electrons. The van der Waals surface area contributed by atoms with Crippen molar-refractivity contribution in [2.24, 2.45) is 0 Å². The first-order valence-corrected chi connectivity index (χ1v) is 7.18. The number of carboxylic acid groups (broad SMARTS) is 1. The molecular formula is C13H10ClNO4S. The second-order valence-corrected chi connectivity index (χ2v) is 5.74. The van der Waals surface area contributed by atoms with Crippen molar-refractivity contribution in [2.75, 3.05) is 6.54 Å². The zero-order valence-corrected chi connectivity index (χ0v) is 11.8. The summed E-state index contributed by atoms with van der Waals surface area (Å²) in [7, 11) is 0. The molecule has 3 heterocycles. The molecule has 20 heavy (non-hydrogen) atoms. The van der Waals surface area contributed by atoms with Gasteiger partial charge in [-0.25, -0.2) is 4.79 Å². The minimum absolute atomic E-state index is 0.0183. The van der Waals surface area contributed by atoms with Crippen LogP contribution in [0.25, 0.3) is 0 Å². The quantitative estimate of drug-likeness (QED) is 0.925. The lowest BCUT2D eigenvalue weighted by Gasteiger charge is -2.32. The molecule has 1 atom stereocenters. The molecule has 0 saturated carbocycles. The molecule has 0 radical (unpaired) electrons. The summed E-state index contributed by atoms with van der Waals surface area (Å²) in [6.45, 7) is 0.352. The van der Waals surface area contributed by atoms with Gasteiger partial charge >= 0.3 is 5.97 Å². The molecule has 5 nitrogen and oxygen atoms in total. The molecule has 0 spiro atoms. The Labute approximate surface area is 123 Å². The molecular weight excluding hydrogens is 302 g/mol. The second kappa shape index (κ2) is 4.96. The summed E-state index contributed by atoms with van der Waals surface area (Å²) in [5.74, 6) is -1.47. The molecule has 0 aromatic carbocycles. The van der Waals surface area contributed by atoms with Crippen LogP contribution >= 0.6 is 22.9 Å². The maximum atomic E-state index is 12.4. The summed E-state index contributed by atoms with van der Waals surface area (Å²) < 4.78 is 4.90. The molecule has 0 saturated heterocycles. The monoisotopic (exact) mass is 311 g/mol. The Morgan fingerprint density at radius 3 is 2.90 bits per heavy atom. The Bertz CT molecular complexity index is 677. The van der Waals surface area contributed by atoms with Gasteiger partial charge in [0.25, 0.3) is 5.91 Å². The SMILES string of the molecule is O=C(O)C1c2ccsc2CCN1C(=O)c1ccoc1Cl. The predicted molar refractivity (Wildman–Crippen MR) is 73.2 cm³/mol. The first-order valence-electron chi connectivity index (χ1n) is 5.92. The predicted octanol–water partition coefficient (Wildman–Crippen LogP) is 2.82. The molecule has 0 fully saturated rings. The van der Waals surface area contributed by atoms with E-state index in [-0.39, 0.29) is 10.8 Å². The van der Waals surface area contributed by atoms with Crippen LogP contribution in [0.5, 0.6) is 0 Å². The second-order valence-electron chi connectivity index (χ2n) is 4.40. The lowest BCUT2D eigenvalue weighted by atomic mass is 9.99. The molecule has 1 N–H and O–H groups in total. The topological polar surface area (TPSA) is 70.8 Å². The van der Waals surface area contributed by atoms with Gasteiger partial charge in [0.1, 0.15) is 0 Å². The number of thiophene rings is 1. The lowest BCUT2D eigenvalue weighted by Crippen LogP contribution is -2.43. The van der Waals surface area contributed by atoms with E-state index in [2.05, 4.69) is 0 Å². The molecule has 1 aliphatic heterocycles. The van der Waals surface area contributed by atoms with E-state index >= 15 is 0 Å². The van der Waals surface area contributed by atoms with Gasteiger partial charge < -0.3 is 14.4 Å². The number of aliphatic carboxylic acids is 1. The summed E-state index contributed by atoms with van der Waals surface area (Å²) in [5, 5.41) is 11.3. The van der Waals surface area contributed by atoms with Gasteiger partial charge in [-0.1, -0.05) is 0 Å². The number of carbonyl (C=O) groups excluding carboxylic acids is 1. The number of carboxylic acids is 1. The molecule has 2 aromatic rings. The van der Waals surface area contributed by atoms with Gasteiger partial charge in [0.05, 0.1) is 11.8 Å². The summed E-state index contributed by atoms with van der Waals surface area (Å²) in [4.78, 5) is 26.3. The first kappa shape index (κ1) is 13.2. The normalized spacial score (nSPS) is 17.9. The van der Waals surface area contributed by atoms with Crippen LogP contribution in [-0.2, 0) is 11.2 Å². The van der Waals surface area contributed by atoms with Gasteiger partial charge in [-0.15, -0.1) is 11.3 Å². The fourth-order valence-corrected chi connectivity index (χ4v) is 3.50. The van der Waals surface area contributed by atoms with E-state index in [1.54, 1.807) is 6.07 Å². The maximum Gasteiger partial charge on any atom is 0.331 e. The number of furan rings is 1. The van der Waals surface area contributed by atoms with E-state index in [1.165, 1.54) is 28.6 Å². The number of rotatable bonds is 2. The number of hydrogen-bond acceptors (Lipinski definition) is 4. The fraction of sp³-hybridized carbons (Fsp3) is 0.231. The minimum Gasteiger partial charge on any atom is -0.479 e. The van der Waals surface area contributed by atoms with Crippen molar-refractivity contribution < 1.29 is 19.1 Å². The van der Waals surface area contributed by atoms with Crippen LogP contribution in [-0.4, -0.2) is 28.4 Å². The highest BCUT2D eigenvalue weighted by molar-refractivity contribution is 7.10. The summed E-state index contributed by atoms with van der Waals surface area (Å²) in [5.41, 5.74) is 0.873. The highest BCUT2D eigenvalue weighted by Gasteiger charge is 2.37. The highest BCUT2D eigenvalue weighted by Crippen LogP contribution is 2.35. The molecule has 3 rings (SSSR count). The van der Waals surface area contributed by atoms with Gasteiger partial charge in [0.15, 0.2) is 6.04 Å². The average Bonchev–Trinajstić information content (AvgIpc) is 3.04. The zero-order valence-electron chi connectivity index (χ0n) is 10.2. The van der Waals surface area contributed by atoms with Crippen LogP contribution in [0.15, 0.2) is 28.2 Å². The van der Waals surface area contributed by atoms with Crippen molar-refractivity contribution in [1.82, 2.24) is 4.90 Å². The van der Waals surface area contributed by atoms with Crippen molar-refractivity contribution in [3.8, 4) is 0 Å². The number of amides is 1. The van der Waals surface area contributed by atoms with Crippen LogP contribution < -0.4 is 0 Å². The van der Waals surface area contributed by atoms with Gasteiger partial charge in [0.2, 0.25) is 5.22 Å². The van der Waals surface area contributed by atoms with Crippen LogP contribution in [0.2, 0.25) is 5.22 Å². The Morgan fingerprint density at radius 1 is 1.45 bits per heavy atom. The molecule has 0 aliphatic carbocycles. The van der Waals surface area contributed by atoms with Gasteiger partial charge in [-0.05, 0) is 41.1 Å². The van der Waals surface area contributed by atoms with Crippen LogP contribution in [0.4, 0.5) is 0 Å². The van der Waals surface area contributed by atoms with Gasteiger partial charge in [-0.2, -0.15) is 0 Å². The van der Waals surface area contributed by atoms with E-state index in [4.69, 9.17) is 16.0 Å². The van der Waals surface area contributed by atoms with Crippen molar-refractivity contribution in [2.45, 2.75) is 12.5 Å². The van der Waals surface area contributed by atoms with Gasteiger partial charge in [-0.3, -0.25) is 4.79 Å². The molecule has 1 unspecified atom stereocenters. The number of nitrogens with zero attached hydrogens (tertiary/aromatic N) is 1. The van der Waals surface area contributed by atoms with E-state index in [0.29, 0.717) is 18.5 Å². The van der Waals surface area contributed by atoms with Crippen molar-refractivity contribution in [1.29, 1.82) is 0 Å². The van der Waals surface area contributed by atoms with Gasteiger partial charge in [0, 0.05) is 11.4 Å². The minimum atomic E-state index is -1.04.